The second kappa shape index (κ2) is 12.7. The number of aromatic nitrogens is 1. The van der Waals surface area contributed by atoms with Crippen LogP contribution in [-0.4, -0.2) is 49.3 Å². The first-order valence-electron chi connectivity index (χ1n) is 11.9. The molecule has 35 heavy (non-hydrogen) atoms. The molecular formula is C26H33ClN2O6. The molecule has 3 rings (SSSR count). The number of benzene rings is 1. The zero-order valence-corrected chi connectivity index (χ0v) is 21.1. The van der Waals surface area contributed by atoms with Gasteiger partial charge in [0.25, 0.3) is 5.91 Å². The van der Waals surface area contributed by atoms with E-state index in [9.17, 15) is 9.59 Å². The number of rotatable bonds is 11. The number of amides is 1. The summed E-state index contributed by atoms with van der Waals surface area (Å²) in [5, 5.41) is 12.4. The molecule has 190 valence electrons. The highest BCUT2D eigenvalue weighted by molar-refractivity contribution is 6.32. The quantitative estimate of drug-likeness (QED) is 0.457. The molecule has 1 unspecified atom stereocenters. The third-order valence-electron chi connectivity index (χ3n) is 6.36. The van der Waals surface area contributed by atoms with Gasteiger partial charge in [0.1, 0.15) is 17.2 Å². The number of pyridine rings is 1. The molecule has 0 bridgehead atoms. The van der Waals surface area contributed by atoms with Gasteiger partial charge in [0.05, 0.1) is 24.7 Å². The van der Waals surface area contributed by atoms with Gasteiger partial charge in [0.15, 0.2) is 6.10 Å². The number of hydrogen-bond donors (Lipinski definition) is 2. The van der Waals surface area contributed by atoms with E-state index in [-0.39, 0.29) is 24.3 Å². The molecule has 1 aromatic carbocycles. The number of carbonyl (C=O) groups is 2. The first kappa shape index (κ1) is 26.8. The van der Waals surface area contributed by atoms with Crippen molar-refractivity contribution in [3.05, 3.63) is 52.3 Å². The van der Waals surface area contributed by atoms with E-state index in [0.29, 0.717) is 47.2 Å². The molecule has 1 fully saturated rings. The lowest BCUT2D eigenvalue weighted by Crippen LogP contribution is -2.32. The summed E-state index contributed by atoms with van der Waals surface area (Å²) in [5.41, 5.74) is 1.94. The molecule has 2 N–H and O–H groups in total. The van der Waals surface area contributed by atoms with E-state index >= 15 is 0 Å². The Morgan fingerprint density at radius 3 is 2.46 bits per heavy atom. The zero-order valence-electron chi connectivity index (χ0n) is 20.4. The Balaban J connectivity index is 1.65. The van der Waals surface area contributed by atoms with E-state index in [2.05, 4.69) is 10.3 Å². The van der Waals surface area contributed by atoms with Gasteiger partial charge in [-0.05, 0) is 68.4 Å². The Morgan fingerprint density at radius 1 is 1.14 bits per heavy atom. The number of carboxylic acids is 1. The van der Waals surface area contributed by atoms with Gasteiger partial charge in [-0.1, -0.05) is 18.5 Å². The standard InChI is InChI=1S/C26H33ClN2O6/c1-4-19-10-12-22(34-3)24(29-19)23(15-33-2)35-21-11-9-18(13-20(21)27)25(30)28-14-16-5-7-17(8-6-16)26(31)32/h9-13,16-17,23H,4-8,14-15H2,1-3H3,(H,28,30)(H,31,32)/t16-,17-,23?. The topological polar surface area (TPSA) is 107 Å². The maximum absolute atomic E-state index is 12.7. The predicted molar refractivity (Wildman–Crippen MR) is 132 cm³/mol. The highest BCUT2D eigenvalue weighted by atomic mass is 35.5. The van der Waals surface area contributed by atoms with Crippen LogP contribution in [0.5, 0.6) is 11.5 Å². The Hall–Kier alpha value is -2.84. The van der Waals surface area contributed by atoms with E-state index < -0.39 is 12.1 Å². The van der Waals surface area contributed by atoms with Gasteiger partial charge in [-0.2, -0.15) is 0 Å². The largest absolute Gasteiger partial charge is 0.495 e. The van der Waals surface area contributed by atoms with Crippen molar-refractivity contribution in [3.8, 4) is 11.5 Å². The minimum absolute atomic E-state index is 0.230. The number of ether oxygens (including phenoxy) is 3. The molecule has 0 saturated heterocycles. The molecule has 1 aromatic heterocycles. The molecule has 0 aliphatic heterocycles. The third-order valence-corrected chi connectivity index (χ3v) is 6.65. The molecule has 9 heteroatoms. The normalized spacial score (nSPS) is 18.5. The number of carbonyl (C=O) groups excluding carboxylic acids is 1. The summed E-state index contributed by atoms with van der Waals surface area (Å²) in [5.74, 6) is 0.0473. The van der Waals surface area contributed by atoms with Crippen molar-refractivity contribution in [2.75, 3.05) is 27.4 Å². The molecule has 1 atom stereocenters. The van der Waals surface area contributed by atoms with Crippen LogP contribution >= 0.6 is 11.6 Å². The number of methoxy groups -OCH3 is 2. The van der Waals surface area contributed by atoms with Crippen LogP contribution in [0.15, 0.2) is 30.3 Å². The smallest absolute Gasteiger partial charge is 0.306 e. The number of aliphatic carboxylic acids is 1. The van der Waals surface area contributed by atoms with Crippen LogP contribution in [0, 0.1) is 11.8 Å². The van der Waals surface area contributed by atoms with Crippen LogP contribution < -0.4 is 14.8 Å². The average molecular weight is 505 g/mol. The lowest BCUT2D eigenvalue weighted by atomic mass is 9.82. The van der Waals surface area contributed by atoms with Crippen molar-refractivity contribution in [1.29, 1.82) is 0 Å². The SMILES string of the molecule is CCc1ccc(OC)c(C(COC)Oc2ccc(C(=O)NC[C@H]3CC[C@H](C(=O)O)CC3)cc2Cl)n1. The fraction of sp³-hybridized carbons (Fsp3) is 0.500. The Kier molecular flexibility index (Phi) is 9.74. The fourth-order valence-corrected chi connectivity index (χ4v) is 4.49. The molecule has 8 nitrogen and oxygen atoms in total. The zero-order chi connectivity index (χ0) is 25.4. The van der Waals surface area contributed by atoms with Crippen LogP contribution in [-0.2, 0) is 16.0 Å². The van der Waals surface area contributed by atoms with E-state index in [4.69, 9.17) is 30.9 Å². The van der Waals surface area contributed by atoms with E-state index in [1.807, 2.05) is 19.1 Å². The van der Waals surface area contributed by atoms with E-state index in [1.54, 1.807) is 32.4 Å². The second-order valence-corrected chi connectivity index (χ2v) is 9.12. The lowest BCUT2D eigenvalue weighted by molar-refractivity contribution is -0.143. The minimum Gasteiger partial charge on any atom is -0.495 e. The van der Waals surface area contributed by atoms with Gasteiger partial charge in [-0.25, -0.2) is 4.98 Å². The molecule has 0 spiro atoms. The first-order valence-corrected chi connectivity index (χ1v) is 12.2. The number of halogens is 1. The first-order chi connectivity index (χ1) is 16.9. The van der Waals surface area contributed by atoms with Crippen molar-refractivity contribution >= 4 is 23.5 Å². The Morgan fingerprint density at radius 2 is 1.86 bits per heavy atom. The van der Waals surface area contributed by atoms with Crippen molar-refractivity contribution in [2.45, 2.75) is 45.1 Å². The molecule has 1 amide bonds. The summed E-state index contributed by atoms with van der Waals surface area (Å²) in [6, 6.07) is 8.66. The summed E-state index contributed by atoms with van der Waals surface area (Å²) in [4.78, 5) is 28.4. The summed E-state index contributed by atoms with van der Waals surface area (Å²) < 4.78 is 17.0. The van der Waals surface area contributed by atoms with Crippen LogP contribution in [0.3, 0.4) is 0 Å². The Bertz CT molecular complexity index is 1020. The average Bonchev–Trinajstić information content (AvgIpc) is 2.87. The number of nitrogens with zero attached hydrogens (tertiary/aromatic N) is 1. The van der Waals surface area contributed by atoms with Crippen molar-refractivity contribution in [2.24, 2.45) is 11.8 Å². The van der Waals surface area contributed by atoms with Crippen molar-refractivity contribution in [3.63, 3.8) is 0 Å². The van der Waals surface area contributed by atoms with Crippen molar-refractivity contribution in [1.82, 2.24) is 10.3 Å². The molecule has 1 aliphatic carbocycles. The predicted octanol–water partition coefficient (Wildman–Crippen LogP) is 4.69. The van der Waals surface area contributed by atoms with Gasteiger partial charge in [0, 0.05) is 24.9 Å². The molecule has 1 heterocycles. The number of hydrogen-bond acceptors (Lipinski definition) is 6. The molecule has 1 aliphatic rings. The van der Waals surface area contributed by atoms with E-state index in [1.165, 1.54) is 0 Å². The molecule has 0 radical (unpaired) electrons. The minimum atomic E-state index is -0.732. The van der Waals surface area contributed by atoms with Crippen LogP contribution in [0.25, 0.3) is 0 Å². The van der Waals surface area contributed by atoms with Crippen molar-refractivity contribution < 1.29 is 28.9 Å². The summed E-state index contributed by atoms with van der Waals surface area (Å²) in [6.45, 7) is 2.77. The maximum Gasteiger partial charge on any atom is 0.306 e. The number of aryl methyl sites for hydroxylation is 1. The van der Waals surface area contributed by atoms with E-state index in [0.717, 1.165) is 25.0 Å². The highest BCUT2D eigenvalue weighted by Crippen LogP contribution is 2.33. The van der Waals surface area contributed by atoms with Crippen LogP contribution in [0.4, 0.5) is 0 Å². The monoisotopic (exact) mass is 504 g/mol. The number of carboxylic acid groups (broad SMARTS) is 1. The molecular weight excluding hydrogens is 472 g/mol. The van der Waals surface area contributed by atoms with Gasteiger partial charge in [-0.3, -0.25) is 9.59 Å². The molecule has 1 saturated carbocycles. The highest BCUT2D eigenvalue weighted by Gasteiger charge is 2.26. The second-order valence-electron chi connectivity index (χ2n) is 8.72. The van der Waals surface area contributed by atoms with Crippen LogP contribution in [0.2, 0.25) is 5.02 Å². The summed E-state index contributed by atoms with van der Waals surface area (Å²) in [7, 11) is 3.16. The summed E-state index contributed by atoms with van der Waals surface area (Å²) >= 11 is 6.48. The lowest BCUT2D eigenvalue weighted by Gasteiger charge is -2.26. The van der Waals surface area contributed by atoms with Gasteiger partial charge in [-0.15, -0.1) is 0 Å². The maximum atomic E-state index is 12.7. The molecule has 2 aromatic rings. The van der Waals surface area contributed by atoms with Crippen LogP contribution in [0.1, 0.15) is 60.5 Å². The number of nitrogens with one attached hydrogen (secondary N) is 1. The van der Waals surface area contributed by atoms with Gasteiger partial charge >= 0.3 is 5.97 Å². The van der Waals surface area contributed by atoms with Gasteiger partial charge < -0.3 is 24.6 Å². The van der Waals surface area contributed by atoms with Gasteiger partial charge in [0.2, 0.25) is 0 Å². The third kappa shape index (κ3) is 7.08. The fourth-order valence-electron chi connectivity index (χ4n) is 4.27. The Labute approximate surface area is 210 Å². The summed E-state index contributed by atoms with van der Waals surface area (Å²) in [6.07, 6.45) is 3.10.